The molecule has 17 heavy (non-hydrogen) atoms. The summed E-state index contributed by atoms with van der Waals surface area (Å²) < 4.78 is 0. The fourth-order valence-electron chi connectivity index (χ4n) is 2.55. The molecule has 2 aliphatic rings. The van der Waals surface area contributed by atoms with E-state index in [2.05, 4.69) is 24.5 Å². The maximum atomic E-state index is 11.6. The molecule has 1 amide bonds. The summed E-state index contributed by atoms with van der Waals surface area (Å²) >= 11 is 5.21. The summed E-state index contributed by atoms with van der Waals surface area (Å²) in [7, 11) is 0. The summed E-state index contributed by atoms with van der Waals surface area (Å²) in [5.41, 5.74) is 0. The average Bonchev–Trinajstić information content (AvgIpc) is 3.08. The number of carbonyl (C=O) groups excluding carboxylic acids is 1. The lowest BCUT2D eigenvalue weighted by atomic mass is 9.78. The number of amides is 1. The molecule has 2 N–H and O–H groups in total. The highest BCUT2D eigenvalue weighted by Crippen LogP contribution is 2.30. The predicted octanol–water partition coefficient (Wildman–Crippen LogP) is 2.21. The third-order valence-electron chi connectivity index (χ3n) is 4.21. The van der Waals surface area contributed by atoms with Crippen molar-refractivity contribution >= 4 is 23.2 Å². The number of hydrogen-bond donors (Lipinski definition) is 2. The Morgan fingerprint density at radius 2 is 1.88 bits per heavy atom. The zero-order valence-corrected chi connectivity index (χ0v) is 11.5. The lowest BCUT2D eigenvalue weighted by Crippen LogP contribution is -2.49. The Hall–Kier alpha value is -0.640. The second-order valence-corrected chi connectivity index (χ2v) is 6.02. The van der Waals surface area contributed by atoms with Crippen LogP contribution in [0, 0.1) is 17.8 Å². The predicted molar refractivity (Wildman–Crippen MR) is 72.6 cm³/mol. The van der Waals surface area contributed by atoms with E-state index >= 15 is 0 Å². The maximum Gasteiger partial charge on any atom is 0.229 e. The molecule has 0 bridgehead atoms. The number of carbonyl (C=O) groups is 1. The van der Waals surface area contributed by atoms with Crippen LogP contribution in [0.1, 0.15) is 46.0 Å². The Morgan fingerprint density at radius 3 is 2.53 bits per heavy atom. The number of nitrogens with one attached hydrogen (secondary N) is 2. The average molecular weight is 254 g/mol. The summed E-state index contributed by atoms with van der Waals surface area (Å²) in [6.07, 6.45) is 5.75. The van der Waals surface area contributed by atoms with Crippen LogP contribution in [0.25, 0.3) is 0 Å². The number of hydrogen-bond acceptors (Lipinski definition) is 2. The van der Waals surface area contributed by atoms with Crippen LogP contribution in [0.2, 0.25) is 0 Å². The lowest BCUT2D eigenvalue weighted by molar-refractivity contribution is -0.120. The van der Waals surface area contributed by atoms with Crippen LogP contribution in [0.4, 0.5) is 0 Å². The highest BCUT2D eigenvalue weighted by atomic mass is 32.1. The van der Waals surface area contributed by atoms with E-state index in [4.69, 9.17) is 12.2 Å². The third kappa shape index (κ3) is 3.41. The molecule has 0 saturated heterocycles. The Balaban J connectivity index is 1.78. The van der Waals surface area contributed by atoms with E-state index in [1.807, 2.05) is 0 Å². The molecule has 3 nitrogen and oxygen atoms in total. The van der Waals surface area contributed by atoms with E-state index in [1.165, 1.54) is 12.8 Å². The fraction of sp³-hybridized carbons (Fsp3) is 0.846. The molecule has 2 fully saturated rings. The zero-order valence-electron chi connectivity index (χ0n) is 10.7. The molecule has 0 aromatic carbocycles. The Morgan fingerprint density at radius 1 is 1.18 bits per heavy atom. The van der Waals surface area contributed by atoms with Crippen molar-refractivity contribution in [1.29, 1.82) is 0 Å². The Kier molecular flexibility index (Phi) is 4.02. The smallest absolute Gasteiger partial charge is 0.229 e. The first-order chi connectivity index (χ1) is 8.08. The van der Waals surface area contributed by atoms with Gasteiger partial charge in [-0.2, -0.15) is 0 Å². The second-order valence-electron chi connectivity index (χ2n) is 5.61. The Bertz CT molecular complexity index is 315. The van der Waals surface area contributed by atoms with Gasteiger partial charge in [0.05, 0.1) is 0 Å². The van der Waals surface area contributed by atoms with Crippen molar-refractivity contribution in [2.75, 3.05) is 0 Å². The van der Waals surface area contributed by atoms with Crippen LogP contribution in [-0.2, 0) is 4.79 Å². The van der Waals surface area contributed by atoms with E-state index in [-0.39, 0.29) is 11.8 Å². The highest BCUT2D eigenvalue weighted by Gasteiger charge is 2.31. The van der Waals surface area contributed by atoms with E-state index in [0.29, 0.717) is 17.1 Å². The lowest BCUT2D eigenvalue weighted by Gasteiger charge is -2.35. The first-order valence-electron chi connectivity index (χ1n) is 6.69. The van der Waals surface area contributed by atoms with E-state index in [1.54, 1.807) is 0 Å². The molecule has 0 aromatic heterocycles. The zero-order chi connectivity index (χ0) is 12.4. The van der Waals surface area contributed by atoms with E-state index in [9.17, 15) is 4.79 Å². The van der Waals surface area contributed by atoms with E-state index < -0.39 is 0 Å². The third-order valence-corrected chi connectivity index (χ3v) is 4.43. The van der Waals surface area contributed by atoms with Gasteiger partial charge in [-0.1, -0.05) is 26.7 Å². The quantitative estimate of drug-likeness (QED) is 0.742. The molecule has 0 aliphatic heterocycles. The van der Waals surface area contributed by atoms with Gasteiger partial charge in [-0.25, -0.2) is 0 Å². The molecule has 0 unspecified atom stereocenters. The number of rotatable bonds is 2. The van der Waals surface area contributed by atoms with Gasteiger partial charge < -0.3 is 10.6 Å². The molecule has 0 radical (unpaired) electrons. The molecule has 2 aliphatic carbocycles. The van der Waals surface area contributed by atoms with Gasteiger partial charge in [0.1, 0.15) is 0 Å². The van der Waals surface area contributed by atoms with Crippen LogP contribution < -0.4 is 10.6 Å². The summed E-state index contributed by atoms with van der Waals surface area (Å²) in [4.78, 5) is 11.6. The molecule has 2 saturated carbocycles. The fourth-order valence-corrected chi connectivity index (χ4v) is 2.80. The van der Waals surface area contributed by atoms with Crippen molar-refractivity contribution in [2.45, 2.75) is 52.0 Å². The minimum atomic E-state index is 0.0963. The molecule has 0 spiro atoms. The minimum Gasteiger partial charge on any atom is -0.359 e. The van der Waals surface area contributed by atoms with Gasteiger partial charge in [-0.15, -0.1) is 0 Å². The van der Waals surface area contributed by atoms with Crippen molar-refractivity contribution in [1.82, 2.24) is 10.6 Å². The maximum absolute atomic E-state index is 11.6. The topological polar surface area (TPSA) is 41.1 Å². The minimum absolute atomic E-state index is 0.0963. The molecule has 96 valence electrons. The van der Waals surface area contributed by atoms with Crippen molar-refractivity contribution in [3.05, 3.63) is 0 Å². The van der Waals surface area contributed by atoms with Gasteiger partial charge in [-0.3, -0.25) is 4.79 Å². The van der Waals surface area contributed by atoms with E-state index in [0.717, 1.165) is 25.2 Å². The second kappa shape index (κ2) is 5.34. The molecular formula is C13H22N2OS. The van der Waals surface area contributed by atoms with Crippen LogP contribution in [0.3, 0.4) is 0 Å². The van der Waals surface area contributed by atoms with Crippen LogP contribution in [0.5, 0.6) is 0 Å². The summed E-state index contributed by atoms with van der Waals surface area (Å²) in [6, 6.07) is 0.422. The standard InChI is InChI=1S/C13H22N2OS/c1-8-4-3-5-11(9(8)2)14-13(17)15-12(16)10-6-7-10/h8-11H,3-7H2,1-2H3,(H2,14,15,16,17)/t8-,9-,11+/m1/s1. The molecular weight excluding hydrogens is 232 g/mol. The first kappa shape index (κ1) is 12.8. The molecule has 0 aromatic rings. The first-order valence-corrected chi connectivity index (χ1v) is 7.10. The van der Waals surface area contributed by atoms with Gasteiger partial charge >= 0.3 is 0 Å². The van der Waals surface area contributed by atoms with Gasteiger partial charge in [0, 0.05) is 12.0 Å². The Labute approximate surface area is 109 Å². The number of thiocarbonyl (C=S) groups is 1. The molecule has 2 rings (SSSR count). The monoisotopic (exact) mass is 254 g/mol. The largest absolute Gasteiger partial charge is 0.359 e. The summed E-state index contributed by atoms with van der Waals surface area (Å²) in [5, 5.41) is 6.64. The van der Waals surface area contributed by atoms with Crippen molar-refractivity contribution in [2.24, 2.45) is 17.8 Å². The van der Waals surface area contributed by atoms with Crippen molar-refractivity contribution in [3.8, 4) is 0 Å². The van der Waals surface area contributed by atoms with Crippen molar-refractivity contribution in [3.63, 3.8) is 0 Å². The van der Waals surface area contributed by atoms with Crippen molar-refractivity contribution < 1.29 is 4.79 Å². The van der Waals surface area contributed by atoms with Crippen LogP contribution in [0.15, 0.2) is 0 Å². The van der Waals surface area contributed by atoms with Crippen LogP contribution >= 0.6 is 12.2 Å². The molecule has 3 atom stereocenters. The molecule has 4 heteroatoms. The van der Waals surface area contributed by atoms with Gasteiger partial charge in [0.2, 0.25) is 5.91 Å². The SMILES string of the molecule is C[C@@H]1[C@H](C)CCC[C@@H]1NC(=S)NC(=O)C1CC1. The summed E-state index contributed by atoms with van der Waals surface area (Å²) in [5.74, 6) is 1.68. The summed E-state index contributed by atoms with van der Waals surface area (Å²) in [6.45, 7) is 4.57. The van der Waals surface area contributed by atoms with Gasteiger partial charge in [-0.05, 0) is 43.3 Å². The van der Waals surface area contributed by atoms with Gasteiger partial charge in [0.25, 0.3) is 0 Å². The molecule has 0 heterocycles. The van der Waals surface area contributed by atoms with Crippen LogP contribution in [-0.4, -0.2) is 17.1 Å². The normalized spacial score (nSPS) is 32.9. The highest BCUT2D eigenvalue weighted by molar-refractivity contribution is 7.80. The van der Waals surface area contributed by atoms with Gasteiger partial charge in [0.15, 0.2) is 5.11 Å².